The molecule has 3 amide bonds. The van der Waals surface area contributed by atoms with E-state index in [-0.39, 0.29) is 36.9 Å². The zero-order valence-electron chi connectivity index (χ0n) is 17.3. The van der Waals surface area contributed by atoms with Gasteiger partial charge in [-0.15, -0.1) is 0 Å². The number of pyridine rings is 1. The Morgan fingerprint density at radius 1 is 1.34 bits per heavy atom. The molecule has 0 spiro atoms. The third-order valence-electron chi connectivity index (χ3n) is 5.79. The van der Waals surface area contributed by atoms with E-state index in [4.69, 9.17) is 0 Å². The molecule has 0 radical (unpaired) electrons. The van der Waals surface area contributed by atoms with Gasteiger partial charge in [0.25, 0.3) is 11.8 Å². The van der Waals surface area contributed by atoms with Crippen LogP contribution >= 0.6 is 0 Å². The van der Waals surface area contributed by atoms with E-state index in [2.05, 4.69) is 15.6 Å². The minimum atomic E-state index is -3.78. The summed E-state index contributed by atoms with van der Waals surface area (Å²) >= 11 is 0. The summed E-state index contributed by atoms with van der Waals surface area (Å²) in [7, 11) is 0. The molecule has 1 saturated heterocycles. The van der Waals surface area contributed by atoms with Crippen LogP contribution in [0.5, 0.6) is 0 Å². The molecule has 2 unspecified atom stereocenters. The van der Waals surface area contributed by atoms with Crippen LogP contribution in [0.1, 0.15) is 45.6 Å². The molecule has 10 heteroatoms. The van der Waals surface area contributed by atoms with Gasteiger partial charge in [-0.2, -0.15) is 8.78 Å². The van der Waals surface area contributed by atoms with Crippen LogP contribution in [0.4, 0.5) is 8.78 Å². The molecule has 3 N–H and O–H groups in total. The van der Waals surface area contributed by atoms with E-state index in [1.54, 1.807) is 18.2 Å². The highest BCUT2D eigenvalue weighted by atomic mass is 19.3. The van der Waals surface area contributed by atoms with E-state index in [1.807, 2.05) is 0 Å². The minimum Gasteiger partial charge on any atom is -0.372 e. The lowest BCUT2D eigenvalue weighted by molar-refractivity contribution is -0.147. The standard InChI is InChI=1S/C22H22F2N4O4/c1-12-3-2-8-25-18(12)22(23,24)21(32)26-10-13-4-5-15-14(9-13)11-28(20(15)31)16-6-7-17(29)27-19(16)30/h2-5,8-9,16,19,30H,6-7,10-11H2,1H3,(H,26,32)(H,27,29). The van der Waals surface area contributed by atoms with E-state index < -0.39 is 29.8 Å². The fourth-order valence-corrected chi connectivity index (χ4v) is 4.09. The first-order valence-electron chi connectivity index (χ1n) is 10.2. The first-order chi connectivity index (χ1) is 15.2. The fourth-order valence-electron chi connectivity index (χ4n) is 4.09. The Labute approximate surface area is 182 Å². The number of hydrogen-bond acceptors (Lipinski definition) is 5. The summed E-state index contributed by atoms with van der Waals surface area (Å²) in [5.41, 5.74) is 1.28. The highest BCUT2D eigenvalue weighted by Crippen LogP contribution is 2.30. The van der Waals surface area contributed by atoms with E-state index in [9.17, 15) is 28.3 Å². The number of halogens is 2. The Bertz CT molecular complexity index is 1090. The molecule has 8 nitrogen and oxygen atoms in total. The van der Waals surface area contributed by atoms with Gasteiger partial charge in [0.15, 0.2) is 0 Å². The van der Waals surface area contributed by atoms with Crippen molar-refractivity contribution in [2.75, 3.05) is 0 Å². The van der Waals surface area contributed by atoms with E-state index in [0.717, 1.165) is 0 Å². The zero-order chi connectivity index (χ0) is 23.0. The van der Waals surface area contributed by atoms with Gasteiger partial charge in [-0.3, -0.25) is 19.4 Å². The molecule has 1 aromatic carbocycles. The Morgan fingerprint density at radius 3 is 2.84 bits per heavy atom. The molecular formula is C22H22F2N4O4. The molecule has 4 rings (SSSR count). The third kappa shape index (κ3) is 3.93. The second-order valence-corrected chi connectivity index (χ2v) is 7.97. The summed E-state index contributed by atoms with van der Waals surface area (Å²) in [5.74, 6) is -5.78. The lowest BCUT2D eigenvalue weighted by atomic mass is 10.0. The van der Waals surface area contributed by atoms with Crippen LogP contribution < -0.4 is 10.6 Å². The number of hydrogen-bond donors (Lipinski definition) is 3. The summed E-state index contributed by atoms with van der Waals surface area (Å²) in [6.07, 6.45) is 0.618. The summed E-state index contributed by atoms with van der Waals surface area (Å²) in [6, 6.07) is 7.27. The van der Waals surface area contributed by atoms with Crippen molar-refractivity contribution in [3.8, 4) is 0 Å². The first kappa shape index (κ1) is 21.8. The van der Waals surface area contributed by atoms with Gasteiger partial charge in [0.05, 0.1) is 6.04 Å². The number of carbonyl (C=O) groups excluding carboxylic acids is 3. The normalized spacial score (nSPS) is 20.7. The molecule has 168 valence electrons. The van der Waals surface area contributed by atoms with Gasteiger partial charge in [0, 0.05) is 31.3 Å². The summed E-state index contributed by atoms with van der Waals surface area (Å²) in [5, 5.41) is 14.8. The fraction of sp³-hybridized carbons (Fsp3) is 0.364. The molecule has 2 atom stereocenters. The van der Waals surface area contributed by atoms with Gasteiger partial charge in [-0.05, 0) is 42.2 Å². The number of piperidine rings is 1. The number of carbonyl (C=O) groups is 3. The van der Waals surface area contributed by atoms with Crippen LogP contribution in [0, 0.1) is 6.92 Å². The van der Waals surface area contributed by atoms with Crippen LogP contribution in [0.2, 0.25) is 0 Å². The number of aliphatic hydroxyl groups is 1. The molecule has 3 heterocycles. The topological polar surface area (TPSA) is 112 Å². The second-order valence-electron chi connectivity index (χ2n) is 7.97. The SMILES string of the molecule is Cc1cccnc1C(F)(F)C(=O)NCc1ccc2c(c1)CN(C1CCC(=O)NC1O)C2=O. The third-order valence-corrected chi connectivity index (χ3v) is 5.79. The van der Waals surface area contributed by atoms with Crippen LogP contribution in [0.3, 0.4) is 0 Å². The largest absolute Gasteiger partial charge is 0.372 e. The molecule has 2 aromatic rings. The molecule has 32 heavy (non-hydrogen) atoms. The van der Waals surface area contributed by atoms with E-state index >= 15 is 0 Å². The molecule has 1 aromatic heterocycles. The molecule has 2 aliphatic heterocycles. The Morgan fingerprint density at radius 2 is 2.12 bits per heavy atom. The van der Waals surface area contributed by atoms with Gasteiger partial charge in [-0.25, -0.2) is 0 Å². The average Bonchev–Trinajstić information content (AvgIpc) is 3.07. The summed E-state index contributed by atoms with van der Waals surface area (Å²) in [6.45, 7) is 1.53. The van der Waals surface area contributed by atoms with Gasteiger partial charge >= 0.3 is 5.92 Å². The predicted molar refractivity (Wildman–Crippen MR) is 108 cm³/mol. The van der Waals surface area contributed by atoms with Crippen molar-refractivity contribution in [3.63, 3.8) is 0 Å². The maximum absolute atomic E-state index is 14.5. The Balaban J connectivity index is 1.44. The molecule has 2 aliphatic rings. The van der Waals surface area contributed by atoms with Gasteiger partial charge in [-0.1, -0.05) is 18.2 Å². The summed E-state index contributed by atoms with van der Waals surface area (Å²) in [4.78, 5) is 41.5. The number of nitrogens with one attached hydrogen (secondary N) is 2. The van der Waals surface area contributed by atoms with Crippen molar-refractivity contribution in [2.45, 2.75) is 51.0 Å². The number of aryl methyl sites for hydroxylation is 1. The number of rotatable bonds is 5. The zero-order valence-corrected chi connectivity index (χ0v) is 17.3. The highest BCUT2D eigenvalue weighted by Gasteiger charge is 2.43. The number of aliphatic hydroxyl groups excluding tert-OH is 1. The number of fused-ring (bicyclic) bond motifs is 1. The summed E-state index contributed by atoms with van der Waals surface area (Å²) < 4.78 is 29.1. The van der Waals surface area contributed by atoms with Gasteiger partial charge in [0.2, 0.25) is 5.91 Å². The van der Waals surface area contributed by atoms with Crippen LogP contribution in [0.15, 0.2) is 36.5 Å². The van der Waals surface area contributed by atoms with Crippen molar-refractivity contribution in [1.29, 1.82) is 0 Å². The van der Waals surface area contributed by atoms with Crippen molar-refractivity contribution < 1.29 is 28.3 Å². The Kier molecular flexibility index (Phi) is 5.64. The number of nitrogens with zero attached hydrogens (tertiary/aromatic N) is 2. The monoisotopic (exact) mass is 444 g/mol. The van der Waals surface area contributed by atoms with Crippen LogP contribution in [0.25, 0.3) is 0 Å². The van der Waals surface area contributed by atoms with Crippen molar-refractivity contribution in [3.05, 3.63) is 64.5 Å². The van der Waals surface area contributed by atoms with E-state index in [0.29, 0.717) is 23.1 Å². The van der Waals surface area contributed by atoms with Crippen LogP contribution in [-0.4, -0.2) is 45.0 Å². The van der Waals surface area contributed by atoms with Crippen molar-refractivity contribution >= 4 is 17.7 Å². The van der Waals surface area contributed by atoms with Crippen LogP contribution in [-0.2, 0) is 28.6 Å². The lowest BCUT2D eigenvalue weighted by Crippen LogP contribution is -2.55. The molecule has 1 fully saturated rings. The van der Waals surface area contributed by atoms with Crippen molar-refractivity contribution in [1.82, 2.24) is 20.5 Å². The maximum Gasteiger partial charge on any atom is 0.366 e. The van der Waals surface area contributed by atoms with Gasteiger partial charge < -0.3 is 20.6 Å². The lowest BCUT2D eigenvalue weighted by Gasteiger charge is -2.35. The second kappa shape index (κ2) is 8.27. The number of aromatic nitrogens is 1. The number of benzene rings is 1. The molecule has 0 saturated carbocycles. The number of amides is 3. The Hall–Kier alpha value is -3.40. The molecule has 0 bridgehead atoms. The number of alkyl halides is 2. The quantitative estimate of drug-likeness (QED) is 0.645. The highest BCUT2D eigenvalue weighted by molar-refractivity contribution is 5.98. The minimum absolute atomic E-state index is 0.149. The molecular weight excluding hydrogens is 422 g/mol. The predicted octanol–water partition coefficient (Wildman–Crippen LogP) is 1.35. The van der Waals surface area contributed by atoms with E-state index in [1.165, 1.54) is 30.2 Å². The van der Waals surface area contributed by atoms with Gasteiger partial charge in [0.1, 0.15) is 11.9 Å². The van der Waals surface area contributed by atoms with Crippen molar-refractivity contribution in [2.24, 2.45) is 0 Å². The average molecular weight is 444 g/mol. The maximum atomic E-state index is 14.5. The first-order valence-corrected chi connectivity index (χ1v) is 10.2. The smallest absolute Gasteiger partial charge is 0.366 e. The molecule has 0 aliphatic carbocycles.